The molecule has 0 aliphatic carbocycles. The third-order valence-corrected chi connectivity index (χ3v) is 1.17. The van der Waals surface area contributed by atoms with Crippen molar-refractivity contribution in [1.29, 1.82) is 0 Å². The molecule has 43 valence electrons. The number of carbonyl (C=O) groups excluding carboxylic acids is 1. The molecule has 0 unspecified atom stereocenters. The Morgan fingerprint density at radius 3 is 2.38 bits per heavy atom. The van der Waals surface area contributed by atoms with Crippen molar-refractivity contribution in [3.8, 4) is 0 Å². The van der Waals surface area contributed by atoms with Crippen LogP contribution in [0.2, 0.25) is 0 Å². The Morgan fingerprint density at radius 2 is 2.25 bits per heavy atom. The fraction of sp³-hybridized carbons (Fsp3) is 0.600. The molecular weight excluding hydrogens is 179 g/mol. The quantitative estimate of drug-likeness (QED) is 0.502. The van der Waals surface area contributed by atoms with Crippen molar-refractivity contribution in [3.63, 3.8) is 0 Å². The topological polar surface area (TPSA) is 20.3 Å². The number of hydrogen-bond donors (Lipinski definition) is 0. The van der Waals surface area contributed by atoms with Crippen molar-refractivity contribution in [2.45, 2.75) is 12.8 Å². The molecule has 0 atom stereocenters. The molecule has 1 saturated heterocycles. The fourth-order valence-electron chi connectivity index (χ4n) is 0.704. The molecule has 0 N–H and O–H groups in total. The standard InChI is InChI=1S/C5H8NO.Y/c1-6-4-2-3-5(6)7;/h1-4H2;/q-1;. The van der Waals surface area contributed by atoms with Gasteiger partial charge in [-0.15, -0.1) is 0 Å². The van der Waals surface area contributed by atoms with Gasteiger partial charge >= 0.3 is 0 Å². The Bertz CT molecular complexity index is 94.4. The zero-order valence-electron chi connectivity index (χ0n) is 4.76. The predicted octanol–water partition coefficient (Wildman–Crippen LogP) is 0.398. The van der Waals surface area contributed by atoms with E-state index < -0.39 is 0 Å². The van der Waals surface area contributed by atoms with Crippen LogP contribution in [0.25, 0.3) is 0 Å². The number of likely N-dealkylation sites (tertiary alicyclic amines) is 1. The van der Waals surface area contributed by atoms with E-state index in [1.807, 2.05) is 0 Å². The van der Waals surface area contributed by atoms with E-state index in [-0.39, 0.29) is 38.6 Å². The Kier molecular flexibility index (Phi) is 3.83. The largest absolute Gasteiger partial charge is 0.496 e. The molecule has 1 heterocycles. The molecule has 1 rings (SSSR count). The van der Waals surface area contributed by atoms with E-state index in [4.69, 9.17) is 0 Å². The van der Waals surface area contributed by atoms with Crippen LogP contribution < -0.4 is 0 Å². The minimum absolute atomic E-state index is 0. The number of rotatable bonds is 0. The molecule has 2 nitrogen and oxygen atoms in total. The molecule has 0 spiro atoms. The summed E-state index contributed by atoms with van der Waals surface area (Å²) < 4.78 is 0. The van der Waals surface area contributed by atoms with Crippen molar-refractivity contribution in [2.24, 2.45) is 0 Å². The second-order valence-corrected chi connectivity index (χ2v) is 1.76. The summed E-state index contributed by atoms with van der Waals surface area (Å²) in [6.07, 6.45) is 1.69. The maximum Gasteiger partial charge on any atom is 0.193 e. The molecule has 1 aliphatic heterocycles. The first-order valence-electron chi connectivity index (χ1n) is 2.41. The van der Waals surface area contributed by atoms with E-state index in [0.717, 1.165) is 13.0 Å². The van der Waals surface area contributed by atoms with E-state index >= 15 is 0 Å². The second kappa shape index (κ2) is 3.57. The zero-order valence-corrected chi connectivity index (χ0v) is 7.60. The van der Waals surface area contributed by atoms with Crippen LogP contribution in [0.15, 0.2) is 0 Å². The number of hydrogen-bond acceptors (Lipinski definition) is 1. The minimum atomic E-state index is 0. The summed E-state index contributed by atoms with van der Waals surface area (Å²) in [6, 6.07) is 0. The molecule has 1 fully saturated rings. The summed E-state index contributed by atoms with van der Waals surface area (Å²) in [5.41, 5.74) is 0. The summed E-state index contributed by atoms with van der Waals surface area (Å²) in [7, 11) is 3.50. The van der Waals surface area contributed by atoms with Gasteiger partial charge in [-0.1, -0.05) is 0 Å². The Morgan fingerprint density at radius 1 is 1.62 bits per heavy atom. The van der Waals surface area contributed by atoms with E-state index in [0.29, 0.717) is 6.42 Å². The van der Waals surface area contributed by atoms with Crippen molar-refractivity contribution >= 4 is 5.91 Å². The third-order valence-electron chi connectivity index (χ3n) is 1.17. The molecule has 0 saturated carbocycles. The van der Waals surface area contributed by atoms with E-state index in [1.54, 1.807) is 0 Å². The predicted molar refractivity (Wildman–Crippen MR) is 26.3 cm³/mol. The average molecular weight is 187 g/mol. The molecule has 0 aromatic carbocycles. The van der Waals surface area contributed by atoms with Gasteiger partial charge in [0.1, 0.15) is 0 Å². The van der Waals surface area contributed by atoms with Crippen LogP contribution in [0.5, 0.6) is 0 Å². The van der Waals surface area contributed by atoms with Crippen molar-refractivity contribution in [3.05, 3.63) is 7.05 Å². The van der Waals surface area contributed by atoms with Crippen LogP contribution in [-0.4, -0.2) is 17.4 Å². The Balaban J connectivity index is 0.000000490. The molecule has 0 aromatic heterocycles. The van der Waals surface area contributed by atoms with Crippen LogP contribution in [0, 0.1) is 7.05 Å². The molecule has 0 bridgehead atoms. The van der Waals surface area contributed by atoms with Gasteiger partial charge in [0, 0.05) is 39.1 Å². The third kappa shape index (κ3) is 1.83. The summed E-state index contributed by atoms with van der Waals surface area (Å²) in [5.74, 6) is 0.181. The summed E-state index contributed by atoms with van der Waals surface area (Å²) >= 11 is 0. The minimum Gasteiger partial charge on any atom is -0.496 e. The fourth-order valence-corrected chi connectivity index (χ4v) is 0.704. The molecule has 1 amide bonds. The molecule has 1 radical (unpaired) electrons. The maximum absolute atomic E-state index is 10.4. The summed E-state index contributed by atoms with van der Waals surface area (Å²) in [5, 5.41) is 0. The first-order valence-corrected chi connectivity index (χ1v) is 2.41. The van der Waals surface area contributed by atoms with Gasteiger partial charge in [-0.2, -0.15) is 0 Å². The van der Waals surface area contributed by atoms with Crippen LogP contribution in [-0.2, 0) is 37.5 Å². The Hall–Kier alpha value is 0.574. The number of carbonyl (C=O) groups is 1. The zero-order chi connectivity index (χ0) is 5.28. The smallest absolute Gasteiger partial charge is 0.193 e. The van der Waals surface area contributed by atoms with Crippen molar-refractivity contribution in [2.75, 3.05) is 6.54 Å². The van der Waals surface area contributed by atoms with E-state index in [1.165, 1.54) is 4.90 Å². The molecule has 1 aliphatic rings. The second-order valence-electron chi connectivity index (χ2n) is 1.76. The van der Waals surface area contributed by atoms with Crippen LogP contribution >= 0.6 is 0 Å². The van der Waals surface area contributed by atoms with Crippen molar-refractivity contribution < 1.29 is 37.5 Å². The molecule has 3 heteroatoms. The van der Waals surface area contributed by atoms with Gasteiger partial charge in [-0.05, 0) is 13.0 Å². The van der Waals surface area contributed by atoms with Crippen LogP contribution in [0.4, 0.5) is 0 Å². The summed E-state index contributed by atoms with van der Waals surface area (Å²) in [6.45, 7) is 0.846. The van der Waals surface area contributed by atoms with Gasteiger partial charge in [0.15, 0.2) is 5.91 Å². The van der Waals surface area contributed by atoms with Crippen molar-refractivity contribution in [1.82, 2.24) is 4.90 Å². The molecule has 0 aromatic rings. The van der Waals surface area contributed by atoms with Gasteiger partial charge in [-0.25, -0.2) is 0 Å². The molecule has 8 heavy (non-hydrogen) atoms. The normalized spacial score (nSPS) is 18.6. The number of amides is 1. The monoisotopic (exact) mass is 187 g/mol. The first-order chi connectivity index (χ1) is 3.30. The van der Waals surface area contributed by atoms with E-state index in [2.05, 4.69) is 7.05 Å². The summed E-state index contributed by atoms with van der Waals surface area (Å²) in [4.78, 5) is 12.0. The maximum atomic E-state index is 10.4. The molecular formula is C5H8NOY-. The van der Waals surface area contributed by atoms with Gasteiger partial charge in [0.2, 0.25) is 0 Å². The Labute approximate surface area is 74.5 Å². The van der Waals surface area contributed by atoms with E-state index in [9.17, 15) is 4.79 Å². The van der Waals surface area contributed by atoms with Crippen LogP contribution in [0.1, 0.15) is 12.8 Å². The van der Waals surface area contributed by atoms with Crippen LogP contribution in [0.3, 0.4) is 0 Å². The average Bonchev–Trinajstić information content (AvgIpc) is 1.91. The first kappa shape index (κ1) is 8.57. The van der Waals surface area contributed by atoms with Gasteiger partial charge in [-0.3, -0.25) is 11.8 Å². The number of nitrogens with zero attached hydrogens (tertiary/aromatic N) is 1. The van der Waals surface area contributed by atoms with Gasteiger partial charge in [0.25, 0.3) is 0 Å². The van der Waals surface area contributed by atoms with Gasteiger partial charge in [0.05, 0.1) is 0 Å². The SMILES string of the molecule is [CH2-]N1CCCC1=O.[Y]. The van der Waals surface area contributed by atoms with Gasteiger partial charge < -0.3 is 4.90 Å².